The van der Waals surface area contributed by atoms with Crippen LogP contribution >= 0.6 is 22.7 Å². The molecule has 3 aromatic heterocycles. The van der Waals surface area contributed by atoms with Crippen LogP contribution in [0.5, 0.6) is 0 Å². The fourth-order valence-electron chi connectivity index (χ4n) is 2.21. The van der Waals surface area contributed by atoms with Crippen molar-refractivity contribution in [3.63, 3.8) is 0 Å². The Morgan fingerprint density at radius 1 is 1.12 bits per heavy atom. The van der Waals surface area contributed by atoms with Gasteiger partial charge in [-0.2, -0.15) is 5.10 Å². The van der Waals surface area contributed by atoms with Crippen molar-refractivity contribution < 1.29 is 9.18 Å². The van der Waals surface area contributed by atoms with Crippen LogP contribution in [-0.2, 0) is 0 Å². The van der Waals surface area contributed by atoms with E-state index in [2.05, 4.69) is 15.4 Å². The number of rotatable bonds is 4. The maximum absolute atomic E-state index is 13.0. The highest BCUT2D eigenvalue weighted by Gasteiger charge is 2.13. The highest BCUT2D eigenvalue weighted by atomic mass is 32.1. The molecule has 124 valence electrons. The average Bonchev–Trinajstić information content (AvgIpc) is 3.36. The normalized spacial score (nSPS) is 10.8. The Hall–Kier alpha value is -2.84. The number of nitrogens with one attached hydrogen (secondary N) is 1. The molecule has 0 saturated carbocycles. The van der Waals surface area contributed by atoms with Gasteiger partial charge in [-0.05, 0) is 41.8 Å². The monoisotopic (exact) mass is 370 g/mol. The van der Waals surface area contributed by atoms with Gasteiger partial charge in [-0.1, -0.05) is 6.07 Å². The molecule has 0 saturated heterocycles. The average molecular weight is 370 g/mol. The first-order valence-electron chi connectivity index (χ1n) is 7.31. The van der Waals surface area contributed by atoms with E-state index >= 15 is 0 Å². The molecule has 0 aliphatic heterocycles. The van der Waals surface area contributed by atoms with Crippen molar-refractivity contribution in [2.24, 2.45) is 0 Å². The number of anilines is 1. The molecule has 0 fully saturated rings. The van der Waals surface area contributed by atoms with E-state index in [0.717, 1.165) is 10.6 Å². The van der Waals surface area contributed by atoms with Crippen LogP contribution in [0.4, 0.5) is 9.52 Å². The van der Waals surface area contributed by atoms with Gasteiger partial charge in [0.25, 0.3) is 5.91 Å². The van der Waals surface area contributed by atoms with E-state index in [0.29, 0.717) is 10.8 Å². The van der Waals surface area contributed by atoms with Crippen molar-refractivity contribution in [1.82, 2.24) is 14.8 Å². The highest BCUT2D eigenvalue weighted by Crippen LogP contribution is 2.28. The lowest BCUT2D eigenvalue weighted by molar-refractivity contribution is 0.102. The molecule has 0 spiro atoms. The second kappa shape index (κ2) is 6.58. The highest BCUT2D eigenvalue weighted by molar-refractivity contribution is 7.16. The van der Waals surface area contributed by atoms with Gasteiger partial charge >= 0.3 is 0 Å². The Bertz CT molecular complexity index is 1010. The molecule has 4 rings (SSSR count). The topological polar surface area (TPSA) is 59.8 Å². The van der Waals surface area contributed by atoms with Gasteiger partial charge in [0.2, 0.25) is 0 Å². The molecule has 5 nitrogen and oxygen atoms in total. The van der Waals surface area contributed by atoms with Gasteiger partial charge < -0.3 is 0 Å². The smallest absolute Gasteiger partial charge is 0.277 e. The number of hydrogen-bond donors (Lipinski definition) is 1. The first-order valence-corrected chi connectivity index (χ1v) is 9.07. The second-order valence-corrected chi connectivity index (χ2v) is 6.90. The van der Waals surface area contributed by atoms with Gasteiger partial charge in [-0.25, -0.2) is 14.1 Å². The van der Waals surface area contributed by atoms with Gasteiger partial charge in [0.1, 0.15) is 5.82 Å². The lowest BCUT2D eigenvalue weighted by atomic mass is 10.3. The molecule has 0 radical (unpaired) electrons. The molecule has 8 heteroatoms. The van der Waals surface area contributed by atoms with Crippen LogP contribution in [-0.4, -0.2) is 20.7 Å². The first kappa shape index (κ1) is 15.7. The molecule has 0 unspecified atom stereocenters. The number of carbonyl (C=O) groups is 1. The van der Waals surface area contributed by atoms with Gasteiger partial charge in [0, 0.05) is 11.6 Å². The van der Waals surface area contributed by atoms with Crippen molar-refractivity contribution in [1.29, 1.82) is 0 Å². The number of thiazole rings is 1. The molecular weight excluding hydrogens is 359 g/mol. The number of benzene rings is 1. The van der Waals surface area contributed by atoms with Crippen molar-refractivity contribution in [3.8, 4) is 16.3 Å². The Labute approximate surface area is 150 Å². The van der Waals surface area contributed by atoms with Crippen molar-refractivity contribution in [2.45, 2.75) is 0 Å². The summed E-state index contributed by atoms with van der Waals surface area (Å²) < 4.78 is 14.5. The molecular formula is C17H11FN4OS2. The zero-order chi connectivity index (χ0) is 17.2. The maximum Gasteiger partial charge on any atom is 0.277 e. The fourth-order valence-corrected chi connectivity index (χ4v) is 3.68. The van der Waals surface area contributed by atoms with E-state index in [1.165, 1.54) is 28.2 Å². The molecule has 1 N–H and O–H groups in total. The summed E-state index contributed by atoms with van der Waals surface area (Å²) in [7, 11) is 0. The fraction of sp³-hybridized carbons (Fsp3) is 0. The molecule has 25 heavy (non-hydrogen) atoms. The Morgan fingerprint density at radius 2 is 1.96 bits per heavy atom. The third kappa shape index (κ3) is 3.35. The summed E-state index contributed by atoms with van der Waals surface area (Å²) in [4.78, 5) is 17.8. The maximum atomic E-state index is 13.0. The van der Waals surface area contributed by atoms with E-state index in [9.17, 15) is 9.18 Å². The zero-order valence-corrected chi connectivity index (χ0v) is 14.4. The van der Waals surface area contributed by atoms with Crippen LogP contribution in [0.1, 0.15) is 10.5 Å². The van der Waals surface area contributed by atoms with Crippen molar-refractivity contribution in [2.75, 3.05) is 5.32 Å². The minimum absolute atomic E-state index is 0.261. The van der Waals surface area contributed by atoms with E-state index in [-0.39, 0.29) is 17.4 Å². The van der Waals surface area contributed by atoms with Crippen LogP contribution in [0.25, 0.3) is 16.3 Å². The van der Waals surface area contributed by atoms with Gasteiger partial charge in [0.15, 0.2) is 10.8 Å². The van der Waals surface area contributed by atoms with Gasteiger partial charge in [0.05, 0.1) is 16.3 Å². The molecule has 0 bridgehead atoms. The third-order valence-corrected chi connectivity index (χ3v) is 5.06. The lowest BCUT2D eigenvalue weighted by Gasteiger charge is -2.01. The molecule has 0 aliphatic rings. The van der Waals surface area contributed by atoms with Crippen LogP contribution in [0, 0.1) is 5.82 Å². The number of thiophene rings is 1. The minimum atomic E-state index is -0.340. The quantitative estimate of drug-likeness (QED) is 0.577. The SMILES string of the molecule is O=C(Nc1nc(-c2cccs2)cs1)c1ccn(-c2ccc(F)cc2)n1. The van der Waals surface area contributed by atoms with Crippen LogP contribution in [0.15, 0.2) is 59.4 Å². The number of carbonyl (C=O) groups excluding carboxylic acids is 1. The van der Waals surface area contributed by atoms with E-state index < -0.39 is 0 Å². The summed E-state index contributed by atoms with van der Waals surface area (Å²) >= 11 is 2.96. The van der Waals surface area contributed by atoms with E-state index in [1.54, 1.807) is 35.7 Å². The van der Waals surface area contributed by atoms with Crippen molar-refractivity contribution >= 4 is 33.7 Å². The molecule has 4 aromatic rings. The van der Waals surface area contributed by atoms with E-state index in [4.69, 9.17) is 0 Å². The Morgan fingerprint density at radius 3 is 2.72 bits per heavy atom. The van der Waals surface area contributed by atoms with Crippen LogP contribution in [0.2, 0.25) is 0 Å². The lowest BCUT2D eigenvalue weighted by Crippen LogP contribution is -2.13. The molecule has 0 atom stereocenters. The zero-order valence-electron chi connectivity index (χ0n) is 12.7. The summed E-state index contributed by atoms with van der Waals surface area (Å²) in [5, 5.41) is 11.4. The number of halogens is 1. The predicted molar refractivity (Wildman–Crippen MR) is 96.9 cm³/mol. The molecule has 3 heterocycles. The number of hydrogen-bond acceptors (Lipinski definition) is 5. The van der Waals surface area contributed by atoms with E-state index in [1.807, 2.05) is 22.9 Å². The summed E-state index contributed by atoms with van der Waals surface area (Å²) in [6.45, 7) is 0. The number of nitrogens with zero attached hydrogens (tertiary/aromatic N) is 3. The summed E-state index contributed by atoms with van der Waals surface area (Å²) in [5.74, 6) is -0.660. The standard InChI is InChI=1S/C17H11FN4OS2/c18-11-3-5-12(6-4-11)22-8-7-13(21-22)16(23)20-17-19-14(10-25-17)15-2-1-9-24-15/h1-10H,(H,19,20,23). The van der Waals surface area contributed by atoms with Crippen molar-refractivity contribution in [3.05, 3.63) is 70.9 Å². The number of amides is 1. The molecule has 1 aromatic carbocycles. The van der Waals surface area contributed by atoms with Gasteiger partial charge in [-0.15, -0.1) is 22.7 Å². The van der Waals surface area contributed by atoms with Gasteiger partial charge in [-0.3, -0.25) is 10.1 Å². The summed E-state index contributed by atoms with van der Waals surface area (Å²) in [6.07, 6.45) is 1.65. The summed E-state index contributed by atoms with van der Waals surface area (Å²) in [5.41, 5.74) is 1.78. The van der Waals surface area contributed by atoms with Crippen LogP contribution in [0.3, 0.4) is 0 Å². The Balaban J connectivity index is 1.49. The first-order chi connectivity index (χ1) is 12.2. The largest absolute Gasteiger partial charge is 0.296 e. The molecule has 1 amide bonds. The Kier molecular flexibility index (Phi) is 4.12. The molecule has 0 aliphatic carbocycles. The third-order valence-electron chi connectivity index (χ3n) is 3.41. The second-order valence-electron chi connectivity index (χ2n) is 5.09. The summed E-state index contributed by atoms with van der Waals surface area (Å²) in [6, 6.07) is 11.4. The predicted octanol–water partition coefficient (Wildman–Crippen LogP) is 4.45. The minimum Gasteiger partial charge on any atom is -0.296 e. The number of aromatic nitrogens is 3. The van der Waals surface area contributed by atoms with Crippen LogP contribution < -0.4 is 5.32 Å².